The lowest BCUT2D eigenvalue weighted by molar-refractivity contribution is 0.112. The Balaban J connectivity index is 0.000000243. The highest BCUT2D eigenvalue weighted by Crippen LogP contribution is 2.35. The maximum absolute atomic E-state index is 10.3. The predicted octanol–water partition coefficient (Wildman–Crippen LogP) is 8.83. The van der Waals surface area contributed by atoms with E-state index in [1.54, 1.807) is 12.1 Å². The zero-order valence-electron chi connectivity index (χ0n) is 19.4. The first kappa shape index (κ1) is 24.5. The standard InChI is InChI=1S/C22H17ClN2.C8H7ClO/c1-15-12-13-18(19(23)14-15)22-24-20(16-8-4-2-5-9-16)21(25-22)17-10-6-3-7-11-17;1-6-2-3-7(5-10)8(9)4-6/h2-14H,1H3,(H,24,25);2-5H,1H3. The molecule has 0 radical (unpaired) electrons. The zero-order chi connectivity index (χ0) is 24.8. The molecule has 5 heteroatoms. The molecule has 0 fully saturated rings. The normalized spacial score (nSPS) is 10.4. The van der Waals surface area contributed by atoms with Crippen molar-refractivity contribution >= 4 is 29.5 Å². The number of aldehydes is 1. The fourth-order valence-electron chi connectivity index (χ4n) is 3.66. The molecular formula is C30H24Cl2N2O. The Morgan fingerprint density at radius 2 is 1.29 bits per heavy atom. The summed E-state index contributed by atoms with van der Waals surface area (Å²) in [5, 5.41) is 1.22. The second-order valence-electron chi connectivity index (χ2n) is 8.17. The molecule has 0 unspecified atom stereocenters. The van der Waals surface area contributed by atoms with E-state index in [-0.39, 0.29) is 0 Å². The Kier molecular flexibility index (Phi) is 7.81. The van der Waals surface area contributed by atoms with Crippen LogP contribution in [-0.4, -0.2) is 16.3 Å². The number of aromatic nitrogens is 2. The Hall–Kier alpha value is -3.66. The van der Waals surface area contributed by atoms with E-state index < -0.39 is 0 Å². The van der Waals surface area contributed by atoms with Gasteiger partial charge < -0.3 is 4.98 Å². The largest absolute Gasteiger partial charge is 0.337 e. The third-order valence-corrected chi connectivity index (χ3v) is 6.12. The van der Waals surface area contributed by atoms with Crippen LogP contribution in [0.2, 0.25) is 10.0 Å². The number of imidazole rings is 1. The third kappa shape index (κ3) is 5.89. The van der Waals surface area contributed by atoms with Crippen LogP contribution in [0.1, 0.15) is 21.5 Å². The highest BCUT2D eigenvalue weighted by atomic mass is 35.5. The van der Waals surface area contributed by atoms with Crippen LogP contribution in [0.25, 0.3) is 33.9 Å². The number of nitrogens with one attached hydrogen (secondary N) is 1. The minimum Gasteiger partial charge on any atom is -0.337 e. The Morgan fingerprint density at radius 1 is 0.714 bits per heavy atom. The number of hydrogen-bond acceptors (Lipinski definition) is 2. The Bertz CT molecular complexity index is 1390. The Labute approximate surface area is 215 Å². The van der Waals surface area contributed by atoms with Crippen molar-refractivity contribution in [3.63, 3.8) is 0 Å². The van der Waals surface area contributed by atoms with Gasteiger partial charge in [0.05, 0.1) is 21.4 Å². The Morgan fingerprint density at radius 3 is 1.86 bits per heavy atom. The number of carbonyl (C=O) groups is 1. The molecule has 5 aromatic rings. The maximum Gasteiger partial charge on any atom is 0.151 e. The highest BCUT2D eigenvalue weighted by Gasteiger charge is 2.16. The van der Waals surface area contributed by atoms with E-state index in [2.05, 4.69) is 29.2 Å². The van der Waals surface area contributed by atoms with Crippen LogP contribution in [-0.2, 0) is 0 Å². The highest BCUT2D eigenvalue weighted by molar-refractivity contribution is 6.33. The van der Waals surface area contributed by atoms with E-state index in [9.17, 15) is 4.79 Å². The number of aryl methyl sites for hydroxylation is 2. The average Bonchev–Trinajstić information content (AvgIpc) is 3.31. The second kappa shape index (κ2) is 11.2. The molecule has 1 N–H and O–H groups in total. The van der Waals surface area contributed by atoms with Crippen LogP contribution < -0.4 is 0 Å². The molecule has 0 aliphatic carbocycles. The van der Waals surface area contributed by atoms with Gasteiger partial charge in [-0.25, -0.2) is 4.98 Å². The summed E-state index contributed by atoms with van der Waals surface area (Å²) in [4.78, 5) is 18.6. The molecule has 1 aromatic heterocycles. The van der Waals surface area contributed by atoms with Crippen molar-refractivity contribution in [3.05, 3.63) is 124 Å². The summed E-state index contributed by atoms with van der Waals surface area (Å²) in [6, 6.07) is 31.8. The number of benzene rings is 4. The van der Waals surface area contributed by atoms with Gasteiger partial charge >= 0.3 is 0 Å². The number of rotatable bonds is 4. The van der Waals surface area contributed by atoms with Crippen molar-refractivity contribution in [2.45, 2.75) is 13.8 Å². The van der Waals surface area contributed by atoms with Crippen molar-refractivity contribution in [3.8, 4) is 33.9 Å². The molecular weight excluding hydrogens is 475 g/mol. The number of nitrogens with zero attached hydrogens (tertiary/aromatic N) is 1. The minimum absolute atomic E-state index is 0.523. The first-order valence-corrected chi connectivity index (χ1v) is 11.9. The third-order valence-electron chi connectivity index (χ3n) is 5.48. The SMILES string of the molecule is Cc1ccc(-c2nc(-c3ccccc3)c(-c3ccccc3)[nH]2)c(Cl)c1.Cc1ccc(C=O)c(Cl)c1. The van der Waals surface area contributed by atoms with Gasteiger partial charge in [0, 0.05) is 22.3 Å². The van der Waals surface area contributed by atoms with Crippen LogP contribution in [0.3, 0.4) is 0 Å². The van der Waals surface area contributed by atoms with Crippen LogP contribution >= 0.6 is 23.2 Å². The van der Waals surface area contributed by atoms with Crippen molar-refractivity contribution < 1.29 is 4.79 Å². The first-order chi connectivity index (χ1) is 17.0. The molecule has 0 aliphatic rings. The van der Waals surface area contributed by atoms with Crippen molar-refractivity contribution in [2.24, 2.45) is 0 Å². The summed E-state index contributed by atoms with van der Waals surface area (Å²) in [6.45, 7) is 3.96. The van der Waals surface area contributed by atoms with Gasteiger partial charge in [0.2, 0.25) is 0 Å². The molecule has 0 spiro atoms. The van der Waals surface area contributed by atoms with Crippen molar-refractivity contribution in [1.82, 2.24) is 9.97 Å². The van der Waals surface area contributed by atoms with Crippen LogP contribution in [0.5, 0.6) is 0 Å². The number of halogens is 2. The van der Waals surface area contributed by atoms with Gasteiger partial charge in [0.25, 0.3) is 0 Å². The smallest absolute Gasteiger partial charge is 0.151 e. The van der Waals surface area contributed by atoms with Crippen LogP contribution in [0.15, 0.2) is 97.1 Å². The first-order valence-electron chi connectivity index (χ1n) is 11.1. The topological polar surface area (TPSA) is 45.8 Å². The minimum atomic E-state index is 0.523. The van der Waals surface area contributed by atoms with Gasteiger partial charge in [-0.2, -0.15) is 0 Å². The van der Waals surface area contributed by atoms with Gasteiger partial charge in [0.1, 0.15) is 5.82 Å². The van der Waals surface area contributed by atoms with Gasteiger partial charge in [-0.15, -0.1) is 0 Å². The molecule has 4 aromatic carbocycles. The molecule has 3 nitrogen and oxygen atoms in total. The lowest BCUT2D eigenvalue weighted by atomic mass is 10.1. The van der Waals surface area contributed by atoms with E-state index >= 15 is 0 Å². The summed E-state index contributed by atoms with van der Waals surface area (Å²) >= 11 is 12.2. The predicted molar refractivity (Wildman–Crippen MR) is 146 cm³/mol. The summed E-state index contributed by atoms with van der Waals surface area (Å²) < 4.78 is 0. The molecule has 0 amide bonds. The van der Waals surface area contributed by atoms with E-state index in [0.29, 0.717) is 15.6 Å². The summed E-state index contributed by atoms with van der Waals surface area (Å²) in [5.41, 5.74) is 7.76. The van der Waals surface area contributed by atoms with E-state index in [0.717, 1.165) is 51.3 Å². The van der Waals surface area contributed by atoms with E-state index in [1.807, 2.05) is 74.5 Å². The molecule has 35 heavy (non-hydrogen) atoms. The summed E-state index contributed by atoms with van der Waals surface area (Å²) in [6.07, 6.45) is 0.752. The molecule has 0 saturated carbocycles. The molecule has 5 rings (SSSR count). The number of hydrogen-bond donors (Lipinski definition) is 1. The molecule has 1 heterocycles. The van der Waals surface area contributed by atoms with Crippen molar-refractivity contribution in [2.75, 3.05) is 0 Å². The van der Waals surface area contributed by atoms with E-state index in [1.165, 1.54) is 0 Å². The van der Waals surface area contributed by atoms with E-state index in [4.69, 9.17) is 28.2 Å². The summed E-state index contributed by atoms with van der Waals surface area (Å²) in [5.74, 6) is 0.780. The lowest BCUT2D eigenvalue weighted by Crippen LogP contribution is -1.84. The van der Waals surface area contributed by atoms with Gasteiger partial charge in [-0.1, -0.05) is 96.0 Å². The fourth-order valence-corrected chi connectivity index (χ4v) is 4.26. The molecule has 0 bridgehead atoms. The maximum atomic E-state index is 10.3. The van der Waals surface area contributed by atoms with Gasteiger partial charge in [0.15, 0.2) is 6.29 Å². The molecule has 0 saturated heterocycles. The number of H-pyrrole nitrogens is 1. The second-order valence-corrected chi connectivity index (χ2v) is 8.98. The van der Waals surface area contributed by atoms with Crippen molar-refractivity contribution in [1.29, 1.82) is 0 Å². The zero-order valence-corrected chi connectivity index (χ0v) is 20.9. The van der Waals surface area contributed by atoms with Crippen LogP contribution in [0, 0.1) is 13.8 Å². The average molecular weight is 499 g/mol. The van der Waals surface area contributed by atoms with Crippen LogP contribution in [0.4, 0.5) is 0 Å². The monoisotopic (exact) mass is 498 g/mol. The molecule has 174 valence electrons. The fraction of sp³-hybridized carbons (Fsp3) is 0.0667. The lowest BCUT2D eigenvalue weighted by Gasteiger charge is -2.02. The molecule has 0 aliphatic heterocycles. The number of carbonyl (C=O) groups excluding carboxylic acids is 1. The number of aromatic amines is 1. The molecule has 0 atom stereocenters. The summed E-state index contributed by atoms with van der Waals surface area (Å²) in [7, 11) is 0. The quantitative estimate of drug-likeness (QED) is 0.251. The van der Waals surface area contributed by atoms with Gasteiger partial charge in [-0.3, -0.25) is 4.79 Å². The van der Waals surface area contributed by atoms with Gasteiger partial charge in [-0.05, 0) is 49.2 Å².